The summed E-state index contributed by atoms with van der Waals surface area (Å²) in [5.41, 5.74) is -0.411. The third-order valence-electron chi connectivity index (χ3n) is 3.07. The van der Waals surface area contributed by atoms with Crippen LogP contribution in [0.15, 0.2) is 43.0 Å². The number of amides is 1. The van der Waals surface area contributed by atoms with Crippen molar-refractivity contribution < 1.29 is 18.0 Å². The van der Waals surface area contributed by atoms with Gasteiger partial charge in [-0.1, -0.05) is 18.2 Å². The number of hydrogen-bond donors (Lipinski definition) is 1. The van der Waals surface area contributed by atoms with Crippen molar-refractivity contribution in [2.45, 2.75) is 32.1 Å². The molecule has 4 nitrogen and oxygen atoms in total. The highest BCUT2D eigenvalue weighted by atomic mass is 19.4. The molecule has 1 amide bonds. The predicted molar refractivity (Wildman–Crippen MR) is 75.0 cm³/mol. The molecular weight excluding hydrogens is 295 g/mol. The van der Waals surface area contributed by atoms with Gasteiger partial charge in [-0.25, -0.2) is 4.98 Å². The molecule has 0 bridgehead atoms. The van der Waals surface area contributed by atoms with Crippen LogP contribution in [0.1, 0.15) is 18.1 Å². The van der Waals surface area contributed by atoms with Gasteiger partial charge in [0.05, 0.1) is 18.3 Å². The molecule has 0 fully saturated rings. The van der Waals surface area contributed by atoms with Gasteiger partial charge in [0.15, 0.2) is 0 Å². The fraction of sp³-hybridized carbons (Fsp3) is 0.333. The minimum Gasteiger partial charge on any atom is -0.352 e. The Hall–Kier alpha value is -2.31. The molecule has 0 saturated carbocycles. The van der Waals surface area contributed by atoms with Crippen molar-refractivity contribution in [2.75, 3.05) is 0 Å². The van der Waals surface area contributed by atoms with Gasteiger partial charge in [-0.15, -0.1) is 0 Å². The lowest BCUT2D eigenvalue weighted by Gasteiger charge is -2.15. The molecule has 22 heavy (non-hydrogen) atoms. The number of rotatable bonds is 5. The summed E-state index contributed by atoms with van der Waals surface area (Å²) in [5, 5.41) is 2.76. The van der Waals surface area contributed by atoms with Crippen molar-refractivity contribution in [1.82, 2.24) is 14.9 Å². The smallest absolute Gasteiger partial charge is 0.352 e. The van der Waals surface area contributed by atoms with E-state index in [4.69, 9.17) is 0 Å². The molecule has 0 saturated heterocycles. The number of nitrogens with one attached hydrogen (secondary N) is 1. The second kappa shape index (κ2) is 6.64. The Morgan fingerprint density at radius 1 is 1.41 bits per heavy atom. The van der Waals surface area contributed by atoms with Crippen LogP contribution >= 0.6 is 0 Å². The van der Waals surface area contributed by atoms with Gasteiger partial charge < -0.3 is 9.88 Å². The van der Waals surface area contributed by atoms with Gasteiger partial charge in [0, 0.05) is 25.0 Å². The molecule has 2 aromatic rings. The summed E-state index contributed by atoms with van der Waals surface area (Å²) in [6.45, 7) is 2.37. The van der Waals surface area contributed by atoms with Gasteiger partial charge in [0.1, 0.15) is 0 Å². The standard InChI is InChI=1S/C15H16F3N3O/c1-11(9-21-6-5-19-10-21)20-14(22)8-12-3-2-4-13(7-12)15(16,17)18/h2-7,10-11H,8-9H2,1H3,(H,20,22). The van der Waals surface area contributed by atoms with Crippen LogP contribution in [-0.4, -0.2) is 21.5 Å². The predicted octanol–water partition coefficient (Wildman–Crippen LogP) is 2.65. The summed E-state index contributed by atoms with van der Waals surface area (Å²) >= 11 is 0. The van der Waals surface area contributed by atoms with E-state index in [0.717, 1.165) is 12.1 Å². The zero-order valence-electron chi connectivity index (χ0n) is 12.0. The molecule has 1 N–H and O–H groups in total. The van der Waals surface area contributed by atoms with E-state index in [2.05, 4.69) is 10.3 Å². The Morgan fingerprint density at radius 2 is 2.18 bits per heavy atom. The van der Waals surface area contributed by atoms with Crippen molar-refractivity contribution in [3.63, 3.8) is 0 Å². The van der Waals surface area contributed by atoms with Crippen LogP contribution in [0.4, 0.5) is 13.2 Å². The van der Waals surface area contributed by atoms with Crippen molar-refractivity contribution in [2.24, 2.45) is 0 Å². The van der Waals surface area contributed by atoms with Gasteiger partial charge in [0.2, 0.25) is 5.91 Å². The minimum absolute atomic E-state index is 0.0851. The highest BCUT2D eigenvalue weighted by Crippen LogP contribution is 2.29. The third-order valence-corrected chi connectivity index (χ3v) is 3.07. The quantitative estimate of drug-likeness (QED) is 0.923. The first kappa shape index (κ1) is 16.1. The second-order valence-electron chi connectivity index (χ2n) is 5.10. The molecule has 1 aromatic carbocycles. The summed E-state index contributed by atoms with van der Waals surface area (Å²) in [4.78, 5) is 15.8. The van der Waals surface area contributed by atoms with E-state index in [-0.39, 0.29) is 18.4 Å². The largest absolute Gasteiger partial charge is 0.416 e. The average molecular weight is 311 g/mol. The molecular formula is C15H16F3N3O. The van der Waals surface area contributed by atoms with E-state index < -0.39 is 11.7 Å². The molecule has 1 unspecified atom stereocenters. The first-order valence-corrected chi connectivity index (χ1v) is 6.76. The van der Waals surface area contributed by atoms with Gasteiger partial charge >= 0.3 is 6.18 Å². The number of carbonyl (C=O) groups excluding carboxylic acids is 1. The maximum absolute atomic E-state index is 12.6. The van der Waals surface area contributed by atoms with Gasteiger partial charge in [-0.2, -0.15) is 13.2 Å². The molecule has 0 aliphatic heterocycles. The molecule has 1 heterocycles. The Kier molecular flexibility index (Phi) is 4.85. The van der Waals surface area contributed by atoms with E-state index >= 15 is 0 Å². The summed E-state index contributed by atoms with van der Waals surface area (Å²) in [7, 11) is 0. The van der Waals surface area contributed by atoms with Crippen molar-refractivity contribution in [3.8, 4) is 0 Å². The molecule has 2 rings (SSSR count). The lowest BCUT2D eigenvalue weighted by Crippen LogP contribution is -2.36. The maximum atomic E-state index is 12.6. The maximum Gasteiger partial charge on any atom is 0.416 e. The Bertz CT molecular complexity index is 623. The average Bonchev–Trinajstić information content (AvgIpc) is 2.90. The second-order valence-corrected chi connectivity index (χ2v) is 5.10. The summed E-state index contributed by atoms with van der Waals surface area (Å²) in [6, 6.07) is 4.66. The molecule has 0 aliphatic rings. The number of nitrogens with zero attached hydrogens (tertiary/aromatic N) is 2. The molecule has 0 aliphatic carbocycles. The van der Waals surface area contributed by atoms with Crippen molar-refractivity contribution in [1.29, 1.82) is 0 Å². The number of aromatic nitrogens is 2. The number of benzene rings is 1. The number of halogens is 3. The van der Waals surface area contributed by atoms with Crippen molar-refractivity contribution >= 4 is 5.91 Å². The summed E-state index contributed by atoms with van der Waals surface area (Å²) in [6.07, 6.45) is 0.557. The molecule has 118 valence electrons. The lowest BCUT2D eigenvalue weighted by molar-refractivity contribution is -0.137. The first-order valence-electron chi connectivity index (χ1n) is 6.76. The molecule has 0 spiro atoms. The van der Waals surface area contributed by atoms with E-state index in [1.807, 2.05) is 11.5 Å². The third kappa shape index (κ3) is 4.61. The van der Waals surface area contributed by atoms with Gasteiger partial charge in [-0.05, 0) is 18.6 Å². The molecule has 0 radical (unpaired) electrons. The van der Waals surface area contributed by atoms with Crippen LogP contribution in [0.3, 0.4) is 0 Å². The van der Waals surface area contributed by atoms with E-state index in [1.165, 1.54) is 12.1 Å². The van der Waals surface area contributed by atoms with Crippen LogP contribution in [0.25, 0.3) is 0 Å². The highest BCUT2D eigenvalue weighted by molar-refractivity contribution is 5.78. The van der Waals surface area contributed by atoms with E-state index in [0.29, 0.717) is 12.1 Å². The number of alkyl halides is 3. The topological polar surface area (TPSA) is 46.9 Å². The molecule has 1 aromatic heterocycles. The van der Waals surface area contributed by atoms with Crippen LogP contribution in [0.5, 0.6) is 0 Å². The Morgan fingerprint density at radius 3 is 2.82 bits per heavy atom. The van der Waals surface area contributed by atoms with Crippen LogP contribution in [0.2, 0.25) is 0 Å². The Labute approximate surface area is 126 Å². The number of carbonyl (C=O) groups is 1. The van der Waals surface area contributed by atoms with Crippen LogP contribution in [0, 0.1) is 0 Å². The van der Waals surface area contributed by atoms with Crippen LogP contribution in [-0.2, 0) is 23.9 Å². The zero-order chi connectivity index (χ0) is 16.2. The van der Waals surface area contributed by atoms with Gasteiger partial charge in [-0.3, -0.25) is 4.79 Å². The summed E-state index contributed by atoms with van der Waals surface area (Å²) < 4.78 is 39.7. The van der Waals surface area contributed by atoms with Crippen molar-refractivity contribution in [3.05, 3.63) is 54.1 Å². The minimum atomic E-state index is -4.40. The van der Waals surface area contributed by atoms with E-state index in [9.17, 15) is 18.0 Å². The SMILES string of the molecule is CC(Cn1ccnc1)NC(=O)Cc1cccc(C(F)(F)F)c1. The first-order chi connectivity index (χ1) is 10.3. The van der Waals surface area contributed by atoms with E-state index in [1.54, 1.807) is 18.7 Å². The fourth-order valence-electron chi connectivity index (χ4n) is 2.13. The summed E-state index contributed by atoms with van der Waals surface area (Å²) in [5.74, 6) is -0.313. The highest BCUT2D eigenvalue weighted by Gasteiger charge is 2.30. The number of hydrogen-bond acceptors (Lipinski definition) is 2. The number of imidazole rings is 1. The van der Waals surface area contributed by atoms with Gasteiger partial charge in [0.25, 0.3) is 0 Å². The molecule has 7 heteroatoms. The van der Waals surface area contributed by atoms with Crippen LogP contribution < -0.4 is 5.32 Å². The Balaban J connectivity index is 1.91. The zero-order valence-corrected chi connectivity index (χ0v) is 12.0. The fourth-order valence-corrected chi connectivity index (χ4v) is 2.13. The molecule has 1 atom stereocenters. The monoisotopic (exact) mass is 311 g/mol. The normalized spacial score (nSPS) is 12.9. The lowest BCUT2D eigenvalue weighted by atomic mass is 10.1.